The molecule has 0 amide bonds. The van der Waals surface area contributed by atoms with Gasteiger partial charge in [-0.2, -0.15) is 0 Å². The zero-order valence-electron chi connectivity index (χ0n) is 12.0. The molecule has 0 saturated carbocycles. The minimum atomic E-state index is 0.464. The van der Waals surface area contributed by atoms with Gasteiger partial charge in [-0.1, -0.05) is 45.4 Å². The van der Waals surface area contributed by atoms with Gasteiger partial charge in [-0.3, -0.25) is 0 Å². The Morgan fingerprint density at radius 3 is 2.41 bits per heavy atom. The lowest BCUT2D eigenvalue weighted by molar-refractivity contribution is 0.0312. The molecule has 102 valence electrons. The van der Waals surface area contributed by atoms with Gasteiger partial charge in [0.15, 0.2) is 0 Å². The number of hydrogen-bond donors (Lipinski definition) is 1. The maximum atomic E-state index is 5.95. The zero-order chi connectivity index (χ0) is 12.5. The number of unbranched alkanes of at least 4 members (excludes halogenated alkanes) is 5. The van der Waals surface area contributed by atoms with E-state index < -0.39 is 0 Å². The second-order valence-electron chi connectivity index (χ2n) is 5.51. The van der Waals surface area contributed by atoms with E-state index in [2.05, 4.69) is 26.2 Å². The van der Waals surface area contributed by atoms with E-state index in [0.717, 1.165) is 0 Å². The van der Waals surface area contributed by atoms with Gasteiger partial charge in [0.2, 0.25) is 0 Å². The third-order valence-corrected chi connectivity index (χ3v) is 3.95. The normalized spacial score (nSPS) is 26.3. The highest BCUT2D eigenvalue weighted by atomic mass is 16.5. The number of hydrogen-bond acceptors (Lipinski definition) is 2. The summed E-state index contributed by atoms with van der Waals surface area (Å²) in [4.78, 5) is 0. The van der Waals surface area contributed by atoms with E-state index >= 15 is 0 Å². The zero-order valence-corrected chi connectivity index (χ0v) is 12.0. The Hall–Kier alpha value is -0.0800. The third-order valence-electron chi connectivity index (χ3n) is 3.95. The van der Waals surface area contributed by atoms with Crippen LogP contribution in [-0.2, 0) is 4.74 Å². The Bertz CT molecular complexity index is 184. The molecule has 3 unspecified atom stereocenters. The summed E-state index contributed by atoms with van der Waals surface area (Å²) >= 11 is 0. The summed E-state index contributed by atoms with van der Waals surface area (Å²) in [6, 6.07) is 0.575. The molecule has 0 radical (unpaired) electrons. The van der Waals surface area contributed by atoms with E-state index in [9.17, 15) is 0 Å². The second-order valence-corrected chi connectivity index (χ2v) is 5.51. The minimum absolute atomic E-state index is 0.464. The van der Waals surface area contributed by atoms with Gasteiger partial charge in [0.25, 0.3) is 0 Å². The van der Waals surface area contributed by atoms with Crippen molar-refractivity contribution < 1.29 is 4.74 Å². The predicted molar refractivity (Wildman–Crippen MR) is 74.4 cm³/mol. The SMILES string of the molecule is CCCCCCCCC(NC)C1CCC(C)O1. The molecule has 1 N–H and O–H groups in total. The molecule has 0 aromatic rings. The molecular formula is C15H31NO. The number of likely N-dealkylation sites (N-methyl/N-ethyl adjacent to an activating group) is 1. The Morgan fingerprint density at radius 2 is 1.82 bits per heavy atom. The highest BCUT2D eigenvalue weighted by molar-refractivity contribution is 4.81. The largest absolute Gasteiger partial charge is 0.374 e. The molecule has 1 aliphatic heterocycles. The summed E-state index contributed by atoms with van der Waals surface area (Å²) in [5.41, 5.74) is 0. The van der Waals surface area contributed by atoms with Crippen LogP contribution < -0.4 is 5.32 Å². The van der Waals surface area contributed by atoms with Crippen LogP contribution in [0.15, 0.2) is 0 Å². The van der Waals surface area contributed by atoms with Crippen LogP contribution in [-0.4, -0.2) is 25.3 Å². The quantitative estimate of drug-likeness (QED) is 0.618. The number of ether oxygens (including phenoxy) is 1. The molecule has 3 atom stereocenters. The Labute approximate surface area is 108 Å². The Morgan fingerprint density at radius 1 is 1.12 bits per heavy atom. The molecule has 0 aliphatic carbocycles. The lowest BCUT2D eigenvalue weighted by Crippen LogP contribution is -2.37. The van der Waals surface area contributed by atoms with E-state index in [1.807, 2.05) is 0 Å². The topological polar surface area (TPSA) is 21.3 Å². The van der Waals surface area contributed by atoms with Crippen LogP contribution in [0.25, 0.3) is 0 Å². The van der Waals surface area contributed by atoms with Gasteiger partial charge >= 0.3 is 0 Å². The fourth-order valence-electron chi connectivity index (χ4n) is 2.79. The fourth-order valence-corrected chi connectivity index (χ4v) is 2.79. The average molecular weight is 241 g/mol. The minimum Gasteiger partial charge on any atom is -0.374 e. The van der Waals surface area contributed by atoms with E-state index in [0.29, 0.717) is 18.2 Å². The lowest BCUT2D eigenvalue weighted by atomic mass is 10.00. The summed E-state index contributed by atoms with van der Waals surface area (Å²) in [6.45, 7) is 4.47. The molecular weight excluding hydrogens is 210 g/mol. The van der Waals surface area contributed by atoms with Crippen LogP contribution in [0, 0.1) is 0 Å². The molecule has 1 rings (SSSR count). The van der Waals surface area contributed by atoms with Gasteiger partial charge in [0, 0.05) is 6.04 Å². The second kappa shape index (κ2) is 8.93. The fraction of sp³-hybridized carbons (Fsp3) is 1.00. The van der Waals surface area contributed by atoms with Gasteiger partial charge < -0.3 is 10.1 Å². The Kier molecular flexibility index (Phi) is 7.87. The van der Waals surface area contributed by atoms with Gasteiger partial charge in [-0.05, 0) is 33.2 Å². The summed E-state index contributed by atoms with van der Waals surface area (Å²) < 4.78 is 5.95. The van der Waals surface area contributed by atoms with Crippen LogP contribution >= 0.6 is 0 Å². The maximum Gasteiger partial charge on any atom is 0.0732 e. The molecule has 2 nitrogen and oxygen atoms in total. The first-order valence-electron chi connectivity index (χ1n) is 7.60. The highest BCUT2D eigenvalue weighted by Crippen LogP contribution is 2.24. The molecule has 1 aliphatic rings. The van der Waals surface area contributed by atoms with Crippen molar-refractivity contribution in [3.05, 3.63) is 0 Å². The van der Waals surface area contributed by atoms with Crippen molar-refractivity contribution in [2.45, 2.75) is 89.9 Å². The number of nitrogens with one attached hydrogen (secondary N) is 1. The molecule has 0 spiro atoms. The average Bonchev–Trinajstić information content (AvgIpc) is 2.75. The van der Waals surface area contributed by atoms with Crippen molar-refractivity contribution in [3.63, 3.8) is 0 Å². The van der Waals surface area contributed by atoms with E-state index in [-0.39, 0.29) is 0 Å². The van der Waals surface area contributed by atoms with E-state index in [1.165, 1.54) is 57.8 Å². The summed E-state index contributed by atoms with van der Waals surface area (Å²) in [6.07, 6.45) is 13.0. The van der Waals surface area contributed by atoms with Gasteiger partial charge in [0.1, 0.15) is 0 Å². The summed E-state index contributed by atoms with van der Waals surface area (Å²) in [5.74, 6) is 0. The highest BCUT2D eigenvalue weighted by Gasteiger charge is 2.27. The van der Waals surface area contributed by atoms with Crippen molar-refractivity contribution >= 4 is 0 Å². The Balaban J connectivity index is 2.06. The molecule has 0 aromatic heterocycles. The first kappa shape index (κ1) is 15.0. The van der Waals surface area contributed by atoms with Gasteiger partial charge in [0.05, 0.1) is 12.2 Å². The molecule has 1 saturated heterocycles. The maximum absolute atomic E-state index is 5.95. The predicted octanol–water partition coefficient (Wildman–Crippen LogP) is 3.89. The molecule has 17 heavy (non-hydrogen) atoms. The molecule has 1 heterocycles. The molecule has 1 fully saturated rings. The molecule has 0 bridgehead atoms. The number of rotatable bonds is 9. The molecule has 2 heteroatoms. The van der Waals surface area contributed by atoms with Crippen LogP contribution in [0.4, 0.5) is 0 Å². The monoisotopic (exact) mass is 241 g/mol. The first-order chi connectivity index (χ1) is 8.27. The van der Waals surface area contributed by atoms with Crippen molar-refractivity contribution in [2.24, 2.45) is 0 Å². The van der Waals surface area contributed by atoms with E-state index in [4.69, 9.17) is 4.74 Å². The lowest BCUT2D eigenvalue weighted by Gasteiger charge is -2.23. The van der Waals surface area contributed by atoms with Gasteiger partial charge in [-0.25, -0.2) is 0 Å². The van der Waals surface area contributed by atoms with Crippen LogP contribution in [0.2, 0.25) is 0 Å². The van der Waals surface area contributed by atoms with Crippen LogP contribution in [0.1, 0.15) is 71.6 Å². The third kappa shape index (κ3) is 5.87. The van der Waals surface area contributed by atoms with Crippen LogP contribution in [0.3, 0.4) is 0 Å². The van der Waals surface area contributed by atoms with Crippen LogP contribution in [0.5, 0.6) is 0 Å². The van der Waals surface area contributed by atoms with Crippen molar-refractivity contribution in [2.75, 3.05) is 7.05 Å². The van der Waals surface area contributed by atoms with Gasteiger partial charge in [-0.15, -0.1) is 0 Å². The summed E-state index contributed by atoms with van der Waals surface area (Å²) in [5, 5.41) is 3.44. The standard InChI is InChI=1S/C15H31NO/c1-4-5-6-7-8-9-10-14(16-3)15-12-11-13(2)17-15/h13-16H,4-12H2,1-3H3. The smallest absolute Gasteiger partial charge is 0.0732 e. The first-order valence-corrected chi connectivity index (χ1v) is 7.60. The van der Waals surface area contributed by atoms with Crippen molar-refractivity contribution in [1.82, 2.24) is 5.32 Å². The van der Waals surface area contributed by atoms with E-state index in [1.54, 1.807) is 0 Å². The summed E-state index contributed by atoms with van der Waals surface area (Å²) in [7, 11) is 2.08. The van der Waals surface area contributed by atoms with Crippen molar-refractivity contribution in [3.8, 4) is 0 Å². The van der Waals surface area contributed by atoms with Crippen molar-refractivity contribution in [1.29, 1.82) is 0 Å². The molecule has 0 aromatic carbocycles.